The lowest BCUT2D eigenvalue weighted by Gasteiger charge is -2.48. The second-order valence-electron chi connectivity index (χ2n) is 5.86. The first-order valence-corrected chi connectivity index (χ1v) is 7.21. The van der Waals surface area contributed by atoms with Crippen molar-refractivity contribution in [1.29, 1.82) is 0 Å². The summed E-state index contributed by atoms with van der Waals surface area (Å²) in [5, 5.41) is 0. The summed E-state index contributed by atoms with van der Waals surface area (Å²) in [5.74, 6) is -0.198. The Morgan fingerprint density at radius 3 is 2.89 bits per heavy atom. The van der Waals surface area contributed by atoms with E-state index in [1.165, 1.54) is 31.9 Å². The maximum atomic E-state index is 14.1. The van der Waals surface area contributed by atoms with Crippen LogP contribution in [-0.2, 0) is 0 Å². The third kappa shape index (κ3) is 2.41. The number of hydrogen-bond acceptors (Lipinski definition) is 3. The van der Waals surface area contributed by atoms with Gasteiger partial charge in [-0.05, 0) is 44.5 Å². The molecule has 0 aliphatic carbocycles. The average molecular weight is 263 g/mol. The van der Waals surface area contributed by atoms with E-state index in [0.717, 1.165) is 13.1 Å². The molecule has 2 atom stereocenters. The molecule has 0 radical (unpaired) electrons. The van der Waals surface area contributed by atoms with Gasteiger partial charge in [-0.3, -0.25) is 4.90 Å². The van der Waals surface area contributed by atoms with Crippen LogP contribution < -0.4 is 10.6 Å². The Morgan fingerprint density at radius 1 is 1.26 bits per heavy atom. The molecule has 0 bridgehead atoms. The van der Waals surface area contributed by atoms with Gasteiger partial charge in [0.05, 0.1) is 5.69 Å². The van der Waals surface area contributed by atoms with Gasteiger partial charge in [0.2, 0.25) is 0 Å². The van der Waals surface area contributed by atoms with Gasteiger partial charge in [-0.15, -0.1) is 0 Å². The van der Waals surface area contributed by atoms with Gasteiger partial charge in [0.1, 0.15) is 5.82 Å². The van der Waals surface area contributed by atoms with E-state index in [9.17, 15) is 4.39 Å². The first-order valence-electron chi connectivity index (χ1n) is 7.21. The molecule has 2 saturated heterocycles. The van der Waals surface area contributed by atoms with Gasteiger partial charge < -0.3 is 10.6 Å². The number of nitrogens with two attached hydrogens (primary N) is 1. The molecule has 19 heavy (non-hydrogen) atoms. The van der Waals surface area contributed by atoms with Gasteiger partial charge >= 0.3 is 0 Å². The molecule has 2 aliphatic rings. The number of nitrogen functional groups attached to an aromatic ring is 1. The summed E-state index contributed by atoms with van der Waals surface area (Å²) in [6.07, 6.45) is 3.84. The maximum Gasteiger partial charge on any atom is 0.148 e. The second kappa shape index (κ2) is 5.00. The Hall–Kier alpha value is -1.29. The number of nitrogens with zero attached hydrogens (tertiary/aromatic N) is 2. The molecule has 1 aromatic rings. The van der Waals surface area contributed by atoms with Crippen LogP contribution in [0.5, 0.6) is 0 Å². The Kier molecular flexibility index (Phi) is 3.35. The van der Waals surface area contributed by atoms with Crippen LogP contribution >= 0.6 is 0 Å². The van der Waals surface area contributed by atoms with E-state index in [1.807, 2.05) is 6.07 Å². The first-order chi connectivity index (χ1) is 9.15. The van der Waals surface area contributed by atoms with Gasteiger partial charge in [-0.2, -0.15) is 0 Å². The van der Waals surface area contributed by atoms with Gasteiger partial charge in [-0.25, -0.2) is 4.39 Å². The molecule has 2 heterocycles. The Labute approximate surface area is 114 Å². The lowest BCUT2D eigenvalue weighted by Crippen LogP contribution is -2.59. The SMILES string of the molecule is CC1CN2CCCCC2CN1c1ccc(N)cc1F. The molecule has 0 aromatic heterocycles. The summed E-state index contributed by atoms with van der Waals surface area (Å²) in [5.41, 5.74) is 6.82. The van der Waals surface area contributed by atoms with E-state index in [0.29, 0.717) is 23.5 Å². The van der Waals surface area contributed by atoms with E-state index >= 15 is 0 Å². The third-order valence-corrected chi connectivity index (χ3v) is 4.47. The molecule has 0 amide bonds. The molecule has 2 fully saturated rings. The predicted molar refractivity (Wildman–Crippen MR) is 76.8 cm³/mol. The van der Waals surface area contributed by atoms with Crippen molar-refractivity contribution in [2.75, 3.05) is 30.3 Å². The molecular formula is C15H22FN3. The number of fused-ring (bicyclic) bond motifs is 1. The number of piperazine rings is 1. The maximum absolute atomic E-state index is 14.1. The van der Waals surface area contributed by atoms with Crippen LogP contribution in [0.4, 0.5) is 15.8 Å². The monoisotopic (exact) mass is 263 g/mol. The largest absolute Gasteiger partial charge is 0.399 e. The molecule has 0 saturated carbocycles. The zero-order valence-electron chi connectivity index (χ0n) is 11.5. The molecule has 2 N–H and O–H groups in total. The molecule has 2 unspecified atom stereocenters. The summed E-state index contributed by atoms with van der Waals surface area (Å²) in [4.78, 5) is 4.78. The van der Waals surface area contributed by atoms with Crippen LogP contribution in [0.15, 0.2) is 18.2 Å². The van der Waals surface area contributed by atoms with Crippen LogP contribution in [0.1, 0.15) is 26.2 Å². The van der Waals surface area contributed by atoms with Gasteiger partial charge in [-0.1, -0.05) is 6.42 Å². The van der Waals surface area contributed by atoms with Crippen molar-refractivity contribution in [1.82, 2.24) is 4.90 Å². The van der Waals surface area contributed by atoms with Crippen molar-refractivity contribution in [3.8, 4) is 0 Å². The van der Waals surface area contributed by atoms with Crippen molar-refractivity contribution in [3.63, 3.8) is 0 Å². The molecule has 3 nitrogen and oxygen atoms in total. The van der Waals surface area contributed by atoms with Crippen molar-refractivity contribution in [3.05, 3.63) is 24.0 Å². The minimum absolute atomic E-state index is 0.198. The fraction of sp³-hybridized carbons (Fsp3) is 0.600. The van der Waals surface area contributed by atoms with E-state index < -0.39 is 0 Å². The van der Waals surface area contributed by atoms with Crippen molar-refractivity contribution in [2.45, 2.75) is 38.3 Å². The molecule has 2 aliphatic heterocycles. The van der Waals surface area contributed by atoms with Gasteiger partial charge in [0.15, 0.2) is 0 Å². The number of rotatable bonds is 1. The normalized spacial score (nSPS) is 28.2. The number of piperidine rings is 1. The highest BCUT2D eigenvalue weighted by Gasteiger charge is 2.33. The fourth-order valence-corrected chi connectivity index (χ4v) is 3.44. The minimum Gasteiger partial charge on any atom is -0.399 e. The quantitative estimate of drug-likeness (QED) is 0.790. The smallest absolute Gasteiger partial charge is 0.148 e. The summed E-state index contributed by atoms with van der Waals surface area (Å²) >= 11 is 0. The van der Waals surface area contributed by atoms with Crippen LogP contribution in [0.2, 0.25) is 0 Å². The highest BCUT2D eigenvalue weighted by Crippen LogP contribution is 2.30. The fourth-order valence-electron chi connectivity index (χ4n) is 3.44. The molecular weight excluding hydrogens is 241 g/mol. The Balaban J connectivity index is 1.83. The van der Waals surface area contributed by atoms with Crippen molar-refractivity contribution >= 4 is 11.4 Å². The highest BCUT2D eigenvalue weighted by molar-refractivity contribution is 5.55. The zero-order chi connectivity index (χ0) is 13.4. The lowest BCUT2D eigenvalue weighted by molar-refractivity contribution is 0.115. The van der Waals surface area contributed by atoms with Crippen LogP contribution in [0.25, 0.3) is 0 Å². The minimum atomic E-state index is -0.198. The van der Waals surface area contributed by atoms with E-state index in [4.69, 9.17) is 5.73 Å². The zero-order valence-corrected chi connectivity index (χ0v) is 11.5. The molecule has 4 heteroatoms. The van der Waals surface area contributed by atoms with E-state index in [2.05, 4.69) is 16.7 Å². The van der Waals surface area contributed by atoms with Crippen LogP contribution in [0.3, 0.4) is 0 Å². The Morgan fingerprint density at radius 2 is 2.11 bits per heavy atom. The third-order valence-electron chi connectivity index (χ3n) is 4.47. The van der Waals surface area contributed by atoms with E-state index in [1.54, 1.807) is 6.07 Å². The van der Waals surface area contributed by atoms with Crippen molar-refractivity contribution < 1.29 is 4.39 Å². The second-order valence-corrected chi connectivity index (χ2v) is 5.86. The van der Waals surface area contributed by atoms with Crippen molar-refractivity contribution in [2.24, 2.45) is 0 Å². The average Bonchev–Trinajstić information content (AvgIpc) is 2.38. The van der Waals surface area contributed by atoms with Crippen LogP contribution in [-0.4, -0.2) is 36.6 Å². The number of anilines is 2. The predicted octanol–water partition coefficient (Wildman–Crippen LogP) is 2.47. The molecule has 3 rings (SSSR count). The molecule has 0 spiro atoms. The summed E-state index contributed by atoms with van der Waals surface area (Å²) in [7, 11) is 0. The highest BCUT2D eigenvalue weighted by atomic mass is 19.1. The lowest BCUT2D eigenvalue weighted by atomic mass is 9.96. The van der Waals surface area contributed by atoms with E-state index in [-0.39, 0.29) is 5.82 Å². The summed E-state index contributed by atoms with van der Waals surface area (Å²) < 4.78 is 14.1. The first kappa shape index (κ1) is 12.7. The number of benzene rings is 1. The Bertz CT molecular complexity index is 463. The summed E-state index contributed by atoms with van der Waals surface area (Å²) in [6.45, 7) is 5.35. The topological polar surface area (TPSA) is 32.5 Å². The standard InChI is InChI=1S/C15H22FN3/c1-11-9-18-7-3-2-4-13(18)10-19(11)15-6-5-12(17)8-14(15)16/h5-6,8,11,13H,2-4,7,9-10,17H2,1H3. The number of halogens is 1. The molecule has 1 aromatic carbocycles. The van der Waals surface area contributed by atoms with Gasteiger partial charge in [0, 0.05) is 30.9 Å². The van der Waals surface area contributed by atoms with Gasteiger partial charge in [0.25, 0.3) is 0 Å². The summed E-state index contributed by atoms with van der Waals surface area (Å²) in [6, 6.07) is 5.97. The van der Waals surface area contributed by atoms with Crippen LogP contribution in [0, 0.1) is 5.82 Å². The molecule has 104 valence electrons. The number of hydrogen-bond donors (Lipinski definition) is 1.